The maximum Gasteiger partial charge on any atom is 0.257 e. The maximum absolute atomic E-state index is 12.9. The number of hydrogen-bond donors (Lipinski definition) is 2. The normalized spacial score (nSPS) is 17.8. The number of nitrogens with zero attached hydrogens (tertiary/aromatic N) is 3. The number of nitrogens with two attached hydrogens (primary N) is 1. The summed E-state index contributed by atoms with van der Waals surface area (Å²) in [6, 6.07) is 12.6. The van der Waals surface area contributed by atoms with E-state index in [0.29, 0.717) is 17.9 Å². The molecule has 1 atom stereocenters. The molecule has 2 heterocycles. The molecule has 9 nitrogen and oxygen atoms in total. The second kappa shape index (κ2) is 8.34. The van der Waals surface area contributed by atoms with E-state index in [2.05, 4.69) is 27.5 Å². The average molecular weight is 407 g/mol. The largest absolute Gasteiger partial charge is 0.494 e. The Morgan fingerprint density at radius 3 is 2.87 bits per heavy atom. The lowest BCUT2D eigenvalue weighted by molar-refractivity contribution is -0.0154. The van der Waals surface area contributed by atoms with Gasteiger partial charge in [-0.25, -0.2) is 0 Å². The SMILES string of the molecule is CCCOc1ccc(C=CC(=O)c2cccc3c2OC(N)(c2nn[nH]n2)CO3)cc1. The summed E-state index contributed by atoms with van der Waals surface area (Å²) in [4.78, 5) is 12.9. The first-order valence-corrected chi connectivity index (χ1v) is 9.52. The quantitative estimate of drug-likeness (QED) is 0.452. The van der Waals surface area contributed by atoms with Crippen LogP contribution in [0.2, 0.25) is 0 Å². The van der Waals surface area contributed by atoms with E-state index in [0.717, 1.165) is 17.7 Å². The van der Waals surface area contributed by atoms with E-state index in [1.807, 2.05) is 24.3 Å². The lowest BCUT2D eigenvalue weighted by Crippen LogP contribution is -2.51. The van der Waals surface area contributed by atoms with Crippen molar-refractivity contribution in [1.82, 2.24) is 20.6 Å². The van der Waals surface area contributed by atoms with Crippen molar-refractivity contribution in [3.8, 4) is 17.2 Å². The topological polar surface area (TPSA) is 125 Å². The van der Waals surface area contributed by atoms with Crippen molar-refractivity contribution in [3.63, 3.8) is 0 Å². The molecule has 1 aliphatic heterocycles. The number of allylic oxidation sites excluding steroid dienone is 1. The van der Waals surface area contributed by atoms with Gasteiger partial charge in [0.2, 0.25) is 5.82 Å². The van der Waals surface area contributed by atoms with Gasteiger partial charge in [0.25, 0.3) is 5.72 Å². The first-order chi connectivity index (χ1) is 14.6. The number of rotatable bonds is 7. The van der Waals surface area contributed by atoms with Gasteiger partial charge in [-0.2, -0.15) is 5.21 Å². The molecule has 9 heteroatoms. The maximum atomic E-state index is 12.9. The highest BCUT2D eigenvalue weighted by Crippen LogP contribution is 2.39. The zero-order valence-electron chi connectivity index (χ0n) is 16.4. The fourth-order valence-corrected chi connectivity index (χ4v) is 2.93. The molecule has 30 heavy (non-hydrogen) atoms. The average Bonchev–Trinajstić information content (AvgIpc) is 3.32. The number of hydrogen-bond acceptors (Lipinski definition) is 8. The summed E-state index contributed by atoms with van der Waals surface area (Å²) < 4.78 is 17.2. The lowest BCUT2D eigenvalue weighted by Gasteiger charge is -2.33. The number of carbonyl (C=O) groups excluding carboxylic acids is 1. The van der Waals surface area contributed by atoms with Gasteiger partial charge in [-0.05, 0) is 47.5 Å². The smallest absolute Gasteiger partial charge is 0.257 e. The third-order valence-electron chi connectivity index (χ3n) is 4.47. The van der Waals surface area contributed by atoms with Crippen LogP contribution in [0.3, 0.4) is 0 Å². The molecule has 1 unspecified atom stereocenters. The fraction of sp³-hybridized carbons (Fsp3) is 0.238. The van der Waals surface area contributed by atoms with Crippen molar-refractivity contribution >= 4 is 11.9 Å². The highest BCUT2D eigenvalue weighted by molar-refractivity contribution is 6.09. The van der Waals surface area contributed by atoms with Gasteiger partial charge in [0.1, 0.15) is 12.4 Å². The molecule has 0 bridgehead atoms. The van der Waals surface area contributed by atoms with Gasteiger partial charge in [-0.3, -0.25) is 10.5 Å². The minimum Gasteiger partial charge on any atom is -0.494 e. The standard InChI is InChI=1S/C21H21N5O4/c1-2-12-28-15-9-6-14(7-10-15)8-11-17(27)16-4-3-5-18-19(16)30-21(22,13-29-18)20-23-25-26-24-20/h3-11H,2,12-13,22H2,1H3,(H,23,24,25,26). The van der Waals surface area contributed by atoms with Crippen LogP contribution in [-0.4, -0.2) is 39.6 Å². The summed E-state index contributed by atoms with van der Waals surface area (Å²) in [6.07, 6.45) is 4.14. The number of ketones is 1. The number of ether oxygens (including phenoxy) is 3. The predicted molar refractivity (Wildman–Crippen MR) is 108 cm³/mol. The molecule has 154 valence electrons. The number of aromatic amines is 1. The van der Waals surface area contributed by atoms with Crippen molar-refractivity contribution in [2.45, 2.75) is 19.1 Å². The number of benzene rings is 2. The minimum absolute atomic E-state index is 0.0144. The van der Waals surface area contributed by atoms with Crippen molar-refractivity contribution in [1.29, 1.82) is 0 Å². The monoisotopic (exact) mass is 407 g/mol. The zero-order valence-corrected chi connectivity index (χ0v) is 16.4. The van der Waals surface area contributed by atoms with E-state index < -0.39 is 5.72 Å². The number of nitrogens with one attached hydrogen (secondary N) is 1. The molecule has 1 aromatic heterocycles. The molecule has 3 aromatic rings. The Morgan fingerprint density at radius 2 is 2.13 bits per heavy atom. The number of carbonyl (C=O) groups is 1. The Bertz CT molecular complexity index is 1050. The number of H-pyrrole nitrogens is 1. The summed E-state index contributed by atoms with van der Waals surface area (Å²) >= 11 is 0. The van der Waals surface area contributed by atoms with Crippen LogP contribution in [0.4, 0.5) is 0 Å². The predicted octanol–water partition coefficient (Wildman–Crippen LogP) is 2.47. The summed E-state index contributed by atoms with van der Waals surface area (Å²) in [5.74, 6) is 1.35. The van der Waals surface area contributed by atoms with Gasteiger partial charge in [-0.15, -0.1) is 10.2 Å². The zero-order chi connectivity index (χ0) is 21.0. The fourth-order valence-electron chi connectivity index (χ4n) is 2.93. The molecule has 0 fully saturated rings. The highest BCUT2D eigenvalue weighted by Gasteiger charge is 2.41. The first kappa shape index (κ1) is 19.6. The molecule has 0 amide bonds. The third kappa shape index (κ3) is 4.01. The van der Waals surface area contributed by atoms with Crippen LogP contribution < -0.4 is 19.9 Å². The molecule has 0 aliphatic carbocycles. The number of para-hydroxylation sites is 1. The van der Waals surface area contributed by atoms with Crippen molar-refractivity contribution in [2.75, 3.05) is 13.2 Å². The van der Waals surface area contributed by atoms with Crippen LogP contribution in [0, 0.1) is 0 Å². The van der Waals surface area contributed by atoms with Gasteiger partial charge in [0.05, 0.1) is 12.2 Å². The Kier molecular flexibility index (Phi) is 5.44. The Labute approximate surface area is 172 Å². The van der Waals surface area contributed by atoms with Crippen LogP contribution >= 0.6 is 0 Å². The molecule has 3 N–H and O–H groups in total. The molecule has 0 saturated carbocycles. The Balaban J connectivity index is 1.54. The number of fused-ring (bicyclic) bond motifs is 1. The second-order valence-corrected chi connectivity index (χ2v) is 6.76. The Morgan fingerprint density at radius 1 is 1.30 bits per heavy atom. The van der Waals surface area contributed by atoms with Gasteiger partial charge in [-0.1, -0.05) is 31.2 Å². The van der Waals surface area contributed by atoms with Gasteiger partial charge >= 0.3 is 0 Å². The van der Waals surface area contributed by atoms with Crippen LogP contribution in [0.1, 0.15) is 35.1 Å². The van der Waals surface area contributed by atoms with Crippen molar-refractivity contribution in [2.24, 2.45) is 5.73 Å². The van der Waals surface area contributed by atoms with Gasteiger partial charge < -0.3 is 14.2 Å². The van der Waals surface area contributed by atoms with Crippen LogP contribution in [0.15, 0.2) is 48.5 Å². The molecular weight excluding hydrogens is 386 g/mol. The molecule has 0 spiro atoms. The highest BCUT2D eigenvalue weighted by atomic mass is 16.6. The van der Waals surface area contributed by atoms with E-state index in [1.54, 1.807) is 24.3 Å². The Hall–Kier alpha value is -3.72. The van der Waals surface area contributed by atoms with Gasteiger partial charge in [0.15, 0.2) is 17.3 Å². The molecule has 1 aliphatic rings. The molecule has 0 saturated heterocycles. The first-order valence-electron chi connectivity index (χ1n) is 9.52. The van der Waals surface area contributed by atoms with Crippen molar-refractivity contribution < 1.29 is 19.0 Å². The summed E-state index contributed by atoms with van der Waals surface area (Å²) in [5, 5.41) is 13.6. The third-order valence-corrected chi connectivity index (χ3v) is 4.47. The number of aromatic nitrogens is 4. The minimum atomic E-state index is -1.45. The summed E-state index contributed by atoms with van der Waals surface area (Å²) in [6.45, 7) is 2.71. The second-order valence-electron chi connectivity index (χ2n) is 6.76. The van der Waals surface area contributed by atoms with E-state index in [9.17, 15) is 4.79 Å². The van der Waals surface area contributed by atoms with E-state index in [4.69, 9.17) is 19.9 Å². The molecule has 4 rings (SSSR count). The van der Waals surface area contributed by atoms with E-state index in [1.165, 1.54) is 6.08 Å². The van der Waals surface area contributed by atoms with Crippen LogP contribution in [0.5, 0.6) is 17.2 Å². The van der Waals surface area contributed by atoms with Gasteiger partial charge in [0, 0.05) is 0 Å². The molecule has 0 radical (unpaired) electrons. The number of tetrazole rings is 1. The van der Waals surface area contributed by atoms with Crippen LogP contribution in [0.25, 0.3) is 6.08 Å². The van der Waals surface area contributed by atoms with E-state index in [-0.39, 0.29) is 24.0 Å². The molecular formula is C21H21N5O4. The van der Waals surface area contributed by atoms with Crippen LogP contribution in [-0.2, 0) is 5.72 Å². The molecule has 2 aromatic carbocycles. The lowest BCUT2D eigenvalue weighted by atomic mass is 10.1. The van der Waals surface area contributed by atoms with E-state index >= 15 is 0 Å². The van der Waals surface area contributed by atoms with Crippen molar-refractivity contribution in [3.05, 3.63) is 65.5 Å². The summed E-state index contributed by atoms with van der Waals surface area (Å²) in [7, 11) is 0. The summed E-state index contributed by atoms with van der Waals surface area (Å²) in [5.41, 5.74) is 5.99.